The van der Waals surface area contributed by atoms with Crippen LogP contribution in [0.4, 0.5) is 32.0 Å². The smallest absolute Gasteiger partial charge is 0.255 e. The van der Waals surface area contributed by atoms with E-state index in [1.165, 1.54) is 41.4 Å². The SMILES string of the molecule is FC(F)(F)c1ccc(N=Cc2cn(-c3ccc(C(F)(F)F)cc3)nn2)cc1. The zero-order valence-corrected chi connectivity index (χ0v) is 13.3. The summed E-state index contributed by atoms with van der Waals surface area (Å²) in [6.07, 6.45) is -6.14. The highest BCUT2D eigenvalue weighted by Crippen LogP contribution is 2.30. The van der Waals surface area contributed by atoms with E-state index in [1.807, 2.05) is 0 Å². The molecule has 10 heteroatoms. The van der Waals surface area contributed by atoms with Crippen molar-refractivity contribution >= 4 is 11.9 Å². The fourth-order valence-corrected chi connectivity index (χ4v) is 2.14. The van der Waals surface area contributed by atoms with Gasteiger partial charge < -0.3 is 0 Å². The molecule has 0 spiro atoms. The highest BCUT2D eigenvalue weighted by Gasteiger charge is 2.30. The molecule has 0 bridgehead atoms. The van der Waals surface area contributed by atoms with Crippen LogP contribution >= 0.6 is 0 Å². The molecular formula is C17H10F6N4. The van der Waals surface area contributed by atoms with Crippen LogP contribution in [0.25, 0.3) is 5.69 Å². The number of aliphatic imine (C=N–C) groups is 1. The molecule has 1 heterocycles. The predicted molar refractivity (Wildman–Crippen MR) is 85.1 cm³/mol. The van der Waals surface area contributed by atoms with Gasteiger partial charge in [-0.15, -0.1) is 5.10 Å². The van der Waals surface area contributed by atoms with Crippen LogP contribution in [0, 0.1) is 0 Å². The van der Waals surface area contributed by atoms with E-state index >= 15 is 0 Å². The summed E-state index contributed by atoms with van der Waals surface area (Å²) < 4.78 is 76.5. The second-order valence-electron chi connectivity index (χ2n) is 5.44. The zero-order chi connectivity index (χ0) is 19.7. The van der Waals surface area contributed by atoms with Crippen LogP contribution in [-0.4, -0.2) is 21.2 Å². The first-order chi connectivity index (χ1) is 12.6. The minimum absolute atomic E-state index is 0.284. The quantitative estimate of drug-likeness (QED) is 0.468. The number of rotatable bonds is 3. The maximum atomic E-state index is 12.6. The highest BCUT2D eigenvalue weighted by molar-refractivity contribution is 5.79. The molecule has 3 rings (SSSR count). The number of hydrogen-bond acceptors (Lipinski definition) is 3. The number of nitrogens with zero attached hydrogens (tertiary/aromatic N) is 4. The molecular weight excluding hydrogens is 374 g/mol. The van der Waals surface area contributed by atoms with Crippen molar-refractivity contribution in [2.75, 3.05) is 0 Å². The third kappa shape index (κ3) is 4.52. The summed E-state index contributed by atoms with van der Waals surface area (Å²) in [6.45, 7) is 0. The fourth-order valence-electron chi connectivity index (χ4n) is 2.14. The van der Waals surface area contributed by atoms with Crippen LogP contribution < -0.4 is 0 Å². The number of benzene rings is 2. The predicted octanol–water partition coefficient (Wildman–Crippen LogP) is 5.06. The van der Waals surface area contributed by atoms with E-state index in [0.29, 0.717) is 5.69 Å². The van der Waals surface area contributed by atoms with Gasteiger partial charge in [-0.3, -0.25) is 4.99 Å². The Morgan fingerprint density at radius 2 is 1.30 bits per heavy atom. The van der Waals surface area contributed by atoms with Gasteiger partial charge in [0.2, 0.25) is 0 Å². The second-order valence-corrected chi connectivity index (χ2v) is 5.44. The molecule has 2 aromatic carbocycles. The first-order valence-corrected chi connectivity index (χ1v) is 7.44. The van der Waals surface area contributed by atoms with Crippen molar-refractivity contribution in [2.45, 2.75) is 12.4 Å². The number of aromatic nitrogens is 3. The van der Waals surface area contributed by atoms with Gasteiger partial charge in [0.25, 0.3) is 0 Å². The molecule has 1 aromatic heterocycles. The van der Waals surface area contributed by atoms with Gasteiger partial charge >= 0.3 is 12.4 Å². The summed E-state index contributed by atoms with van der Waals surface area (Å²) >= 11 is 0. The van der Waals surface area contributed by atoms with Crippen molar-refractivity contribution < 1.29 is 26.3 Å². The summed E-state index contributed by atoms with van der Waals surface area (Å²) in [4.78, 5) is 4.00. The van der Waals surface area contributed by atoms with Crippen molar-refractivity contribution in [1.82, 2.24) is 15.0 Å². The molecule has 27 heavy (non-hydrogen) atoms. The minimum Gasteiger partial charge on any atom is -0.255 e. The Morgan fingerprint density at radius 1 is 0.778 bits per heavy atom. The second kappa shape index (κ2) is 6.86. The lowest BCUT2D eigenvalue weighted by atomic mass is 10.2. The molecule has 0 saturated carbocycles. The van der Waals surface area contributed by atoms with Crippen LogP contribution in [0.2, 0.25) is 0 Å². The van der Waals surface area contributed by atoms with Crippen molar-refractivity contribution in [3.05, 3.63) is 71.5 Å². The maximum Gasteiger partial charge on any atom is 0.416 e. The van der Waals surface area contributed by atoms with E-state index in [1.54, 1.807) is 0 Å². The van der Waals surface area contributed by atoms with Crippen LogP contribution in [-0.2, 0) is 12.4 Å². The van der Waals surface area contributed by atoms with Crippen LogP contribution in [0.3, 0.4) is 0 Å². The molecule has 0 aliphatic heterocycles. The summed E-state index contributed by atoms with van der Waals surface area (Å²) in [6, 6.07) is 8.57. The first kappa shape index (κ1) is 18.6. The Morgan fingerprint density at radius 3 is 1.81 bits per heavy atom. The highest BCUT2D eigenvalue weighted by atomic mass is 19.4. The van der Waals surface area contributed by atoms with E-state index in [-0.39, 0.29) is 11.4 Å². The van der Waals surface area contributed by atoms with Crippen molar-refractivity contribution in [3.8, 4) is 5.69 Å². The molecule has 3 aromatic rings. The summed E-state index contributed by atoms with van der Waals surface area (Å²) in [7, 11) is 0. The summed E-state index contributed by atoms with van der Waals surface area (Å²) in [5.41, 5.74) is -0.628. The molecule has 0 amide bonds. The molecule has 0 aliphatic rings. The lowest BCUT2D eigenvalue weighted by Gasteiger charge is -2.07. The summed E-state index contributed by atoms with van der Waals surface area (Å²) in [5.74, 6) is 0. The Labute approximate surface area is 148 Å². The van der Waals surface area contributed by atoms with Gasteiger partial charge in [-0.2, -0.15) is 26.3 Å². The van der Waals surface area contributed by atoms with Crippen LogP contribution in [0.1, 0.15) is 16.8 Å². The average Bonchev–Trinajstić information content (AvgIpc) is 3.08. The van der Waals surface area contributed by atoms with Gasteiger partial charge in [0.1, 0.15) is 5.69 Å². The lowest BCUT2D eigenvalue weighted by Crippen LogP contribution is -2.05. The van der Waals surface area contributed by atoms with Gasteiger partial charge in [-0.25, -0.2) is 4.68 Å². The summed E-state index contributed by atoms with van der Waals surface area (Å²) in [5, 5.41) is 7.58. The Kier molecular flexibility index (Phi) is 4.73. The van der Waals surface area contributed by atoms with Gasteiger partial charge in [0.15, 0.2) is 0 Å². The monoisotopic (exact) mass is 384 g/mol. The average molecular weight is 384 g/mol. The van der Waals surface area contributed by atoms with Crippen molar-refractivity contribution in [1.29, 1.82) is 0 Å². The lowest BCUT2D eigenvalue weighted by molar-refractivity contribution is -0.138. The molecule has 0 unspecified atom stereocenters. The number of halogens is 6. The molecule has 0 saturated heterocycles. The van der Waals surface area contributed by atoms with E-state index in [9.17, 15) is 26.3 Å². The maximum absolute atomic E-state index is 12.6. The van der Waals surface area contributed by atoms with E-state index in [4.69, 9.17) is 0 Å². The van der Waals surface area contributed by atoms with E-state index in [2.05, 4.69) is 15.3 Å². The van der Waals surface area contributed by atoms with Gasteiger partial charge in [0, 0.05) is 0 Å². The van der Waals surface area contributed by atoms with Crippen molar-refractivity contribution in [2.24, 2.45) is 4.99 Å². The topological polar surface area (TPSA) is 43.1 Å². The van der Waals surface area contributed by atoms with E-state index in [0.717, 1.165) is 24.3 Å². The molecule has 0 radical (unpaired) electrons. The van der Waals surface area contributed by atoms with Crippen LogP contribution in [0.5, 0.6) is 0 Å². The Bertz CT molecular complexity index is 937. The van der Waals surface area contributed by atoms with E-state index < -0.39 is 23.5 Å². The Balaban J connectivity index is 1.73. The molecule has 0 atom stereocenters. The largest absolute Gasteiger partial charge is 0.416 e. The molecule has 140 valence electrons. The van der Waals surface area contributed by atoms with Gasteiger partial charge in [0.05, 0.1) is 34.9 Å². The fraction of sp³-hybridized carbons (Fsp3) is 0.118. The molecule has 0 fully saturated rings. The van der Waals surface area contributed by atoms with Crippen molar-refractivity contribution in [3.63, 3.8) is 0 Å². The molecule has 4 nitrogen and oxygen atoms in total. The van der Waals surface area contributed by atoms with Gasteiger partial charge in [-0.05, 0) is 48.5 Å². The third-order valence-corrected chi connectivity index (χ3v) is 3.51. The first-order valence-electron chi connectivity index (χ1n) is 7.44. The standard InChI is InChI=1S/C17H10F6N4/c18-16(19,20)11-1-5-13(6-2-11)24-9-14-10-27(26-25-14)15-7-3-12(4-8-15)17(21,22)23/h1-10H. The molecule has 0 N–H and O–H groups in total. The molecule has 0 aliphatic carbocycles. The number of hydrogen-bond donors (Lipinski definition) is 0. The Hall–Kier alpha value is -3.17. The minimum atomic E-state index is -4.43. The third-order valence-electron chi connectivity index (χ3n) is 3.51. The zero-order valence-electron chi connectivity index (χ0n) is 13.3. The van der Waals surface area contributed by atoms with Gasteiger partial charge in [-0.1, -0.05) is 5.21 Å². The van der Waals surface area contributed by atoms with Crippen LogP contribution in [0.15, 0.2) is 59.7 Å². The normalized spacial score (nSPS) is 12.7. The number of alkyl halides is 6.